The molecule has 1 saturated heterocycles. The predicted octanol–water partition coefficient (Wildman–Crippen LogP) is 1.50. The summed E-state index contributed by atoms with van der Waals surface area (Å²) in [5.74, 6) is 2.07. The zero-order chi connectivity index (χ0) is 19.5. The molecule has 1 fully saturated rings. The van der Waals surface area contributed by atoms with Gasteiger partial charge in [-0.3, -0.25) is 0 Å². The monoisotopic (exact) mass is 383 g/mol. The molecule has 1 aliphatic rings. The number of aromatic nitrogens is 4. The van der Waals surface area contributed by atoms with Gasteiger partial charge in [-0.25, -0.2) is 4.79 Å². The number of hydrogen-bond acceptors (Lipinski definition) is 7. The van der Waals surface area contributed by atoms with Crippen molar-refractivity contribution in [2.45, 2.75) is 0 Å². The van der Waals surface area contributed by atoms with Gasteiger partial charge in [-0.2, -0.15) is 4.52 Å². The Balaban J connectivity index is 1.40. The third-order valence-electron chi connectivity index (χ3n) is 4.69. The van der Waals surface area contributed by atoms with Crippen LogP contribution in [0.2, 0.25) is 0 Å². The molecule has 2 amide bonds. The van der Waals surface area contributed by atoms with Crippen LogP contribution in [0.5, 0.6) is 11.5 Å². The minimum Gasteiger partial charge on any atom is -0.497 e. The lowest BCUT2D eigenvalue weighted by Crippen LogP contribution is -2.50. The van der Waals surface area contributed by atoms with Gasteiger partial charge in [0.15, 0.2) is 5.65 Å². The molecule has 0 aliphatic carbocycles. The summed E-state index contributed by atoms with van der Waals surface area (Å²) in [6.07, 6.45) is 1.57. The van der Waals surface area contributed by atoms with Crippen LogP contribution >= 0.6 is 0 Å². The Hall–Kier alpha value is -3.56. The van der Waals surface area contributed by atoms with Crippen molar-refractivity contribution in [2.75, 3.05) is 50.6 Å². The summed E-state index contributed by atoms with van der Waals surface area (Å²) in [6.45, 7) is 2.53. The molecule has 0 radical (unpaired) electrons. The van der Waals surface area contributed by atoms with Crippen LogP contribution in [0.25, 0.3) is 5.65 Å². The van der Waals surface area contributed by atoms with Crippen LogP contribution in [0.1, 0.15) is 0 Å². The number of fused-ring (bicyclic) bond motifs is 1. The highest BCUT2D eigenvalue weighted by Crippen LogP contribution is 2.29. The number of methoxy groups -OCH3 is 2. The fraction of sp³-hybridized carbons (Fsp3) is 0.333. The molecule has 4 rings (SSSR count). The number of piperazine rings is 1. The number of benzene rings is 1. The third kappa shape index (κ3) is 3.48. The fourth-order valence-corrected chi connectivity index (χ4v) is 3.13. The first-order valence-corrected chi connectivity index (χ1v) is 8.88. The Morgan fingerprint density at radius 1 is 1.07 bits per heavy atom. The van der Waals surface area contributed by atoms with Crippen molar-refractivity contribution in [1.82, 2.24) is 24.7 Å². The van der Waals surface area contributed by atoms with E-state index in [4.69, 9.17) is 9.47 Å². The van der Waals surface area contributed by atoms with Gasteiger partial charge in [-0.1, -0.05) is 0 Å². The maximum absolute atomic E-state index is 12.7. The number of urea groups is 1. The van der Waals surface area contributed by atoms with Gasteiger partial charge in [-0.05, 0) is 24.3 Å². The van der Waals surface area contributed by atoms with E-state index in [1.54, 1.807) is 48.2 Å². The van der Waals surface area contributed by atoms with E-state index in [9.17, 15) is 4.79 Å². The van der Waals surface area contributed by atoms with Crippen molar-refractivity contribution in [1.29, 1.82) is 0 Å². The second-order valence-corrected chi connectivity index (χ2v) is 6.30. The van der Waals surface area contributed by atoms with Gasteiger partial charge < -0.3 is 24.6 Å². The average molecular weight is 383 g/mol. The maximum Gasteiger partial charge on any atom is 0.322 e. The van der Waals surface area contributed by atoms with E-state index < -0.39 is 0 Å². The Labute approximate surface area is 161 Å². The summed E-state index contributed by atoms with van der Waals surface area (Å²) in [6, 6.07) is 8.91. The van der Waals surface area contributed by atoms with E-state index in [1.165, 1.54) is 0 Å². The van der Waals surface area contributed by atoms with Crippen LogP contribution in [-0.4, -0.2) is 71.1 Å². The second-order valence-electron chi connectivity index (χ2n) is 6.30. The molecule has 3 aromatic rings. The summed E-state index contributed by atoms with van der Waals surface area (Å²) in [5, 5.41) is 15.2. The number of carbonyl (C=O) groups excluding carboxylic acids is 1. The largest absolute Gasteiger partial charge is 0.497 e. The zero-order valence-corrected chi connectivity index (χ0v) is 15.7. The molecule has 2 aromatic heterocycles. The minimum absolute atomic E-state index is 0.173. The molecule has 1 aliphatic heterocycles. The van der Waals surface area contributed by atoms with E-state index in [0.717, 1.165) is 5.82 Å². The zero-order valence-electron chi connectivity index (χ0n) is 15.7. The quantitative estimate of drug-likeness (QED) is 0.729. The molecule has 0 atom stereocenters. The van der Waals surface area contributed by atoms with Crippen LogP contribution in [0.3, 0.4) is 0 Å². The second kappa shape index (κ2) is 7.59. The highest BCUT2D eigenvalue weighted by molar-refractivity contribution is 5.91. The number of rotatable bonds is 4. The van der Waals surface area contributed by atoms with E-state index in [-0.39, 0.29) is 6.03 Å². The van der Waals surface area contributed by atoms with Crippen molar-refractivity contribution in [3.63, 3.8) is 0 Å². The summed E-state index contributed by atoms with van der Waals surface area (Å²) in [7, 11) is 3.15. The number of ether oxygens (including phenoxy) is 2. The standard InChI is InChI=1S/C18H21N7O3/c1-27-13-3-4-15(28-2)14(11-13)20-18(26)24-9-7-23(8-10-24)17-6-5-16-21-19-12-25(16)22-17/h3-6,11-12H,7-10H2,1-2H3,(H,20,26). The topological polar surface area (TPSA) is 97.1 Å². The lowest BCUT2D eigenvalue weighted by Gasteiger charge is -2.35. The van der Waals surface area contributed by atoms with Crippen LogP contribution in [-0.2, 0) is 0 Å². The van der Waals surface area contributed by atoms with Crippen LogP contribution < -0.4 is 19.7 Å². The number of hydrogen-bond donors (Lipinski definition) is 1. The summed E-state index contributed by atoms with van der Waals surface area (Å²) in [5.41, 5.74) is 1.28. The maximum atomic E-state index is 12.7. The molecule has 3 heterocycles. The van der Waals surface area contributed by atoms with Gasteiger partial charge in [0.2, 0.25) is 0 Å². The van der Waals surface area contributed by atoms with Crippen molar-refractivity contribution < 1.29 is 14.3 Å². The molecule has 10 heteroatoms. The highest BCUT2D eigenvalue weighted by atomic mass is 16.5. The van der Waals surface area contributed by atoms with Gasteiger partial charge >= 0.3 is 6.03 Å². The smallest absolute Gasteiger partial charge is 0.322 e. The van der Waals surface area contributed by atoms with E-state index in [0.29, 0.717) is 49.0 Å². The SMILES string of the molecule is COc1ccc(OC)c(NC(=O)N2CCN(c3ccc4nncn4n3)CC2)c1. The van der Waals surface area contributed by atoms with Gasteiger partial charge in [-0.15, -0.1) is 15.3 Å². The molecule has 0 bridgehead atoms. The van der Waals surface area contributed by atoms with Crippen LogP contribution in [0, 0.1) is 0 Å². The van der Waals surface area contributed by atoms with Gasteiger partial charge in [0, 0.05) is 32.2 Å². The van der Waals surface area contributed by atoms with Crippen LogP contribution in [0.15, 0.2) is 36.7 Å². The number of nitrogens with one attached hydrogen (secondary N) is 1. The highest BCUT2D eigenvalue weighted by Gasteiger charge is 2.23. The first kappa shape index (κ1) is 17.8. The lowest BCUT2D eigenvalue weighted by atomic mass is 10.2. The summed E-state index contributed by atoms with van der Waals surface area (Å²) >= 11 is 0. The molecular weight excluding hydrogens is 362 g/mol. The number of carbonyl (C=O) groups is 1. The predicted molar refractivity (Wildman–Crippen MR) is 103 cm³/mol. The lowest BCUT2D eigenvalue weighted by molar-refractivity contribution is 0.208. The Morgan fingerprint density at radius 3 is 2.64 bits per heavy atom. The fourth-order valence-electron chi connectivity index (χ4n) is 3.13. The number of anilines is 2. The van der Waals surface area contributed by atoms with Gasteiger partial charge in [0.05, 0.1) is 19.9 Å². The molecule has 28 heavy (non-hydrogen) atoms. The molecule has 146 valence electrons. The van der Waals surface area contributed by atoms with E-state index in [2.05, 4.69) is 25.5 Å². The molecule has 0 saturated carbocycles. The van der Waals surface area contributed by atoms with Gasteiger partial charge in [0.25, 0.3) is 0 Å². The number of amides is 2. The molecule has 10 nitrogen and oxygen atoms in total. The van der Waals surface area contributed by atoms with Crippen molar-refractivity contribution in [3.8, 4) is 11.5 Å². The molecular formula is C18H21N7O3. The Kier molecular flexibility index (Phi) is 4.83. The average Bonchev–Trinajstić information content (AvgIpc) is 3.21. The molecule has 1 N–H and O–H groups in total. The normalized spacial score (nSPS) is 14.2. The Bertz CT molecular complexity index is 982. The van der Waals surface area contributed by atoms with E-state index in [1.807, 2.05) is 12.1 Å². The van der Waals surface area contributed by atoms with E-state index >= 15 is 0 Å². The van der Waals surface area contributed by atoms with Crippen molar-refractivity contribution in [2.24, 2.45) is 0 Å². The van der Waals surface area contributed by atoms with Crippen molar-refractivity contribution >= 4 is 23.2 Å². The molecule has 0 spiro atoms. The molecule has 1 aromatic carbocycles. The molecule has 0 unspecified atom stereocenters. The Morgan fingerprint density at radius 2 is 1.89 bits per heavy atom. The number of nitrogens with zero attached hydrogens (tertiary/aromatic N) is 6. The van der Waals surface area contributed by atoms with Crippen LogP contribution in [0.4, 0.5) is 16.3 Å². The van der Waals surface area contributed by atoms with Gasteiger partial charge in [0.1, 0.15) is 23.6 Å². The summed E-state index contributed by atoms with van der Waals surface area (Å²) in [4.78, 5) is 16.6. The first-order chi connectivity index (χ1) is 13.7. The first-order valence-electron chi connectivity index (χ1n) is 8.88. The minimum atomic E-state index is -0.173. The summed E-state index contributed by atoms with van der Waals surface area (Å²) < 4.78 is 12.2. The third-order valence-corrected chi connectivity index (χ3v) is 4.69. The van der Waals surface area contributed by atoms with Crippen molar-refractivity contribution in [3.05, 3.63) is 36.7 Å².